The summed E-state index contributed by atoms with van der Waals surface area (Å²) in [7, 11) is 3.39. The van der Waals surface area contributed by atoms with Gasteiger partial charge in [0.25, 0.3) is 0 Å². The molecular formula is C22H23NO5S. The van der Waals surface area contributed by atoms with Gasteiger partial charge in [0.2, 0.25) is 5.43 Å². The number of nitrogens with zero attached hydrogens (tertiary/aromatic N) is 1. The van der Waals surface area contributed by atoms with Gasteiger partial charge in [0.1, 0.15) is 5.56 Å². The number of benzene rings is 1. The number of aromatic carboxylic acids is 1. The van der Waals surface area contributed by atoms with Crippen LogP contribution in [0.2, 0.25) is 0 Å². The molecule has 2 saturated carbocycles. The molecule has 2 fully saturated rings. The zero-order valence-corrected chi connectivity index (χ0v) is 17.2. The van der Waals surface area contributed by atoms with Gasteiger partial charge in [-0.1, -0.05) is 6.08 Å². The van der Waals surface area contributed by atoms with Crippen molar-refractivity contribution < 1.29 is 19.4 Å². The number of carboxylic acids is 1. The fraction of sp³-hybridized carbons (Fsp3) is 0.455. The van der Waals surface area contributed by atoms with Gasteiger partial charge in [0, 0.05) is 41.0 Å². The first-order valence-corrected chi connectivity index (χ1v) is 10.8. The van der Waals surface area contributed by atoms with E-state index in [-0.39, 0.29) is 17.7 Å². The molecule has 7 heteroatoms. The summed E-state index contributed by atoms with van der Waals surface area (Å²) in [4.78, 5) is 25.6. The van der Waals surface area contributed by atoms with Crippen molar-refractivity contribution in [1.82, 2.24) is 4.57 Å². The number of ether oxygens (including phenoxy) is 2. The molecule has 2 aromatic rings. The molecule has 6 nitrogen and oxygen atoms in total. The normalized spacial score (nSPS) is 25.9. The summed E-state index contributed by atoms with van der Waals surface area (Å²) in [6.07, 6.45) is 8.17. The highest BCUT2D eigenvalue weighted by molar-refractivity contribution is 8.09. The van der Waals surface area contributed by atoms with Crippen LogP contribution in [0.4, 0.5) is 0 Å². The molecule has 3 aliphatic rings. The number of thioether (sulfide) groups is 1. The van der Waals surface area contributed by atoms with Crippen LogP contribution < -0.4 is 10.2 Å². The maximum Gasteiger partial charge on any atom is 0.341 e. The van der Waals surface area contributed by atoms with E-state index in [0.29, 0.717) is 27.8 Å². The number of hydrogen-bond donors (Lipinski definition) is 1. The van der Waals surface area contributed by atoms with Crippen LogP contribution in [0.25, 0.3) is 15.8 Å². The number of rotatable bonds is 5. The first-order valence-electron chi connectivity index (χ1n) is 9.94. The van der Waals surface area contributed by atoms with Crippen LogP contribution in [-0.4, -0.2) is 41.2 Å². The van der Waals surface area contributed by atoms with Gasteiger partial charge in [-0.25, -0.2) is 4.79 Å². The highest BCUT2D eigenvalue weighted by Crippen LogP contribution is 2.53. The van der Waals surface area contributed by atoms with Crippen LogP contribution in [0.15, 0.2) is 29.2 Å². The standard InChI is InChI=1S/C22H23NO5S/c1-27-16-7-8-17-14(16)9-18(29-17)12-5-6-13-19(21(12)28-2)23(11-3-4-11)10-15(20(13)24)22(25)26/h5-6,9-11,14,16-17H,3-4,7-8H2,1-2H3,(H,25,26). The Morgan fingerprint density at radius 3 is 2.66 bits per heavy atom. The quantitative estimate of drug-likeness (QED) is 0.800. The molecule has 1 aromatic carbocycles. The van der Waals surface area contributed by atoms with E-state index in [0.717, 1.165) is 36.2 Å². The number of pyridine rings is 1. The van der Waals surface area contributed by atoms with E-state index < -0.39 is 11.4 Å². The molecule has 29 heavy (non-hydrogen) atoms. The zero-order chi connectivity index (χ0) is 20.3. The lowest BCUT2D eigenvalue weighted by Crippen LogP contribution is -2.19. The molecule has 3 atom stereocenters. The van der Waals surface area contributed by atoms with Crippen molar-refractivity contribution in [2.24, 2.45) is 5.92 Å². The van der Waals surface area contributed by atoms with Crippen LogP contribution >= 0.6 is 11.8 Å². The van der Waals surface area contributed by atoms with Gasteiger partial charge in [-0.15, -0.1) is 11.8 Å². The second-order valence-electron chi connectivity index (χ2n) is 7.97. The van der Waals surface area contributed by atoms with E-state index in [4.69, 9.17) is 9.47 Å². The Bertz CT molecular complexity index is 1100. The van der Waals surface area contributed by atoms with Gasteiger partial charge < -0.3 is 19.1 Å². The molecule has 0 bridgehead atoms. The van der Waals surface area contributed by atoms with Crippen molar-refractivity contribution in [1.29, 1.82) is 0 Å². The van der Waals surface area contributed by atoms with E-state index in [1.807, 2.05) is 22.4 Å². The zero-order valence-electron chi connectivity index (χ0n) is 16.4. The molecule has 3 unspecified atom stereocenters. The summed E-state index contributed by atoms with van der Waals surface area (Å²) < 4.78 is 13.4. The van der Waals surface area contributed by atoms with Crippen LogP contribution in [0.1, 0.15) is 47.6 Å². The molecule has 0 saturated heterocycles. The third-order valence-corrected chi connectivity index (χ3v) is 7.77. The maximum absolute atomic E-state index is 12.8. The number of carboxylic acid groups (broad SMARTS) is 1. The van der Waals surface area contributed by atoms with Gasteiger partial charge in [-0.05, 0) is 37.8 Å². The van der Waals surface area contributed by atoms with E-state index in [9.17, 15) is 14.7 Å². The molecule has 2 aliphatic carbocycles. The van der Waals surface area contributed by atoms with E-state index >= 15 is 0 Å². The topological polar surface area (TPSA) is 77.8 Å². The third kappa shape index (κ3) is 2.90. The molecule has 1 N–H and O–H groups in total. The number of carbonyl (C=O) groups is 1. The molecule has 5 rings (SSSR count). The highest BCUT2D eigenvalue weighted by atomic mass is 32.2. The number of methoxy groups -OCH3 is 2. The van der Waals surface area contributed by atoms with Gasteiger partial charge >= 0.3 is 5.97 Å². The molecule has 1 aliphatic heterocycles. The van der Waals surface area contributed by atoms with Gasteiger partial charge in [0.15, 0.2) is 5.75 Å². The number of aromatic nitrogens is 1. The Kier molecular flexibility index (Phi) is 4.47. The van der Waals surface area contributed by atoms with Gasteiger partial charge in [-0.3, -0.25) is 4.79 Å². The molecule has 0 radical (unpaired) electrons. The average molecular weight is 413 g/mol. The van der Waals surface area contributed by atoms with Crippen molar-refractivity contribution in [2.75, 3.05) is 14.2 Å². The van der Waals surface area contributed by atoms with Crippen molar-refractivity contribution in [3.8, 4) is 5.75 Å². The van der Waals surface area contributed by atoms with Crippen molar-refractivity contribution >= 4 is 33.5 Å². The van der Waals surface area contributed by atoms with Gasteiger partial charge in [-0.2, -0.15) is 0 Å². The van der Waals surface area contributed by atoms with E-state index in [2.05, 4.69) is 6.08 Å². The van der Waals surface area contributed by atoms with Crippen LogP contribution in [-0.2, 0) is 4.74 Å². The summed E-state index contributed by atoms with van der Waals surface area (Å²) in [5.41, 5.74) is 1.01. The molecular weight excluding hydrogens is 390 g/mol. The first kappa shape index (κ1) is 18.8. The minimum atomic E-state index is -1.19. The minimum absolute atomic E-state index is 0.189. The Labute approximate surface area is 172 Å². The lowest BCUT2D eigenvalue weighted by molar-refractivity contribution is 0.0694. The van der Waals surface area contributed by atoms with E-state index in [1.54, 1.807) is 20.3 Å². The van der Waals surface area contributed by atoms with Crippen LogP contribution in [0.5, 0.6) is 5.75 Å². The number of hydrogen-bond acceptors (Lipinski definition) is 5. The Morgan fingerprint density at radius 2 is 2.00 bits per heavy atom. The predicted molar refractivity (Wildman–Crippen MR) is 113 cm³/mol. The fourth-order valence-corrected chi connectivity index (χ4v) is 6.24. The highest BCUT2D eigenvalue weighted by Gasteiger charge is 2.41. The van der Waals surface area contributed by atoms with E-state index in [1.165, 1.54) is 6.20 Å². The second kappa shape index (κ2) is 6.92. The molecule has 152 valence electrons. The lowest BCUT2D eigenvalue weighted by Gasteiger charge is -2.18. The Hall–Kier alpha value is -2.25. The molecule has 1 aromatic heterocycles. The Morgan fingerprint density at radius 1 is 1.21 bits per heavy atom. The Balaban J connectivity index is 1.71. The summed E-state index contributed by atoms with van der Waals surface area (Å²) in [5.74, 6) is -0.154. The summed E-state index contributed by atoms with van der Waals surface area (Å²) in [6.45, 7) is 0. The minimum Gasteiger partial charge on any atom is -0.494 e. The maximum atomic E-state index is 12.8. The number of fused-ring (bicyclic) bond motifs is 2. The summed E-state index contributed by atoms with van der Waals surface area (Å²) in [6, 6.07) is 3.86. The summed E-state index contributed by atoms with van der Waals surface area (Å²) in [5, 5.41) is 10.4. The van der Waals surface area contributed by atoms with Gasteiger partial charge in [0.05, 0.1) is 24.1 Å². The van der Waals surface area contributed by atoms with Crippen molar-refractivity contribution in [3.05, 3.63) is 45.8 Å². The fourth-order valence-electron chi connectivity index (χ4n) is 4.72. The SMILES string of the molecule is COc1c(C2=CC3C(OC)CCC3S2)ccc2c(=O)c(C(=O)O)cn(C3CC3)c12. The van der Waals surface area contributed by atoms with Crippen LogP contribution in [0, 0.1) is 5.92 Å². The third-order valence-electron chi connectivity index (χ3n) is 6.31. The predicted octanol–water partition coefficient (Wildman–Crippen LogP) is 3.92. The van der Waals surface area contributed by atoms with Crippen molar-refractivity contribution in [3.63, 3.8) is 0 Å². The smallest absolute Gasteiger partial charge is 0.341 e. The monoisotopic (exact) mass is 413 g/mol. The molecule has 0 amide bonds. The van der Waals surface area contributed by atoms with Crippen LogP contribution in [0.3, 0.4) is 0 Å². The molecule has 0 spiro atoms. The molecule has 2 heterocycles. The average Bonchev–Trinajstić information content (AvgIpc) is 3.35. The largest absolute Gasteiger partial charge is 0.494 e. The lowest BCUT2D eigenvalue weighted by atomic mass is 10.0. The van der Waals surface area contributed by atoms with Crippen molar-refractivity contribution in [2.45, 2.75) is 43.1 Å². The summed E-state index contributed by atoms with van der Waals surface area (Å²) >= 11 is 1.85. The second-order valence-corrected chi connectivity index (χ2v) is 9.26. The first-order chi connectivity index (χ1) is 14.0.